The van der Waals surface area contributed by atoms with Gasteiger partial charge in [0.25, 0.3) is 0 Å². The SMILES string of the molecule is COc1ccc(B2OC(C)(C)C(C)(C)O2)c(OCCCCl)c1. The maximum absolute atomic E-state index is 6.10. The number of ether oxygens (including phenoxy) is 2. The van der Waals surface area contributed by atoms with Crippen molar-refractivity contribution in [3.63, 3.8) is 0 Å². The lowest BCUT2D eigenvalue weighted by Gasteiger charge is -2.32. The first kappa shape index (κ1) is 17.4. The van der Waals surface area contributed by atoms with Crippen molar-refractivity contribution < 1.29 is 18.8 Å². The molecular formula is C16H24BClO4. The van der Waals surface area contributed by atoms with Crippen LogP contribution >= 0.6 is 11.6 Å². The van der Waals surface area contributed by atoms with Gasteiger partial charge in [0.05, 0.1) is 24.9 Å². The summed E-state index contributed by atoms with van der Waals surface area (Å²) in [5.41, 5.74) is 0.102. The lowest BCUT2D eigenvalue weighted by atomic mass is 9.78. The van der Waals surface area contributed by atoms with E-state index in [0.717, 1.165) is 17.6 Å². The second-order valence-electron chi connectivity index (χ2n) is 6.38. The second kappa shape index (κ2) is 6.69. The molecule has 6 heteroatoms. The third kappa shape index (κ3) is 3.53. The second-order valence-corrected chi connectivity index (χ2v) is 6.76. The first-order valence-electron chi connectivity index (χ1n) is 7.53. The predicted molar refractivity (Wildman–Crippen MR) is 89.5 cm³/mol. The molecule has 0 bridgehead atoms. The first-order valence-corrected chi connectivity index (χ1v) is 8.06. The summed E-state index contributed by atoms with van der Waals surface area (Å²) in [5, 5.41) is 0. The van der Waals surface area contributed by atoms with Gasteiger partial charge in [-0.3, -0.25) is 0 Å². The number of rotatable bonds is 6. The van der Waals surface area contributed by atoms with Gasteiger partial charge in [-0.1, -0.05) is 6.07 Å². The highest BCUT2D eigenvalue weighted by Gasteiger charge is 2.52. The van der Waals surface area contributed by atoms with Crippen LogP contribution in [0.25, 0.3) is 0 Å². The van der Waals surface area contributed by atoms with Gasteiger partial charge in [-0.2, -0.15) is 0 Å². The molecule has 22 heavy (non-hydrogen) atoms. The summed E-state index contributed by atoms with van der Waals surface area (Å²) in [5.74, 6) is 2.01. The van der Waals surface area contributed by atoms with Crippen molar-refractivity contribution >= 4 is 24.2 Å². The molecule has 0 saturated carbocycles. The Labute approximate surface area is 138 Å². The molecule has 1 aliphatic rings. The molecule has 0 N–H and O–H groups in total. The molecule has 4 nitrogen and oxygen atoms in total. The average molecular weight is 327 g/mol. The molecule has 1 saturated heterocycles. The monoisotopic (exact) mass is 326 g/mol. The summed E-state index contributed by atoms with van der Waals surface area (Å²) < 4.78 is 23.3. The zero-order valence-electron chi connectivity index (χ0n) is 13.9. The van der Waals surface area contributed by atoms with E-state index in [9.17, 15) is 0 Å². The highest BCUT2D eigenvalue weighted by molar-refractivity contribution is 6.63. The minimum atomic E-state index is -0.457. The fourth-order valence-electron chi connectivity index (χ4n) is 2.17. The smallest absolute Gasteiger partial charge is 0.497 e. The first-order chi connectivity index (χ1) is 10.3. The van der Waals surface area contributed by atoms with Gasteiger partial charge in [-0.05, 0) is 40.2 Å². The molecule has 0 aromatic heterocycles. The molecule has 0 spiro atoms. The van der Waals surface area contributed by atoms with Crippen LogP contribution in [0, 0.1) is 0 Å². The topological polar surface area (TPSA) is 36.9 Å². The highest BCUT2D eigenvalue weighted by atomic mass is 35.5. The van der Waals surface area contributed by atoms with Gasteiger partial charge in [0, 0.05) is 17.4 Å². The summed E-state index contributed by atoms with van der Waals surface area (Å²) in [6, 6.07) is 5.67. The number of methoxy groups -OCH3 is 1. The van der Waals surface area contributed by atoms with Crippen molar-refractivity contribution in [2.75, 3.05) is 19.6 Å². The third-order valence-electron chi connectivity index (χ3n) is 4.26. The Morgan fingerprint density at radius 2 is 1.77 bits per heavy atom. The Morgan fingerprint density at radius 3 is 2.32 bits per heavy atom. The van der Waals surface area contributed by atoms with Crippen LogP contribution in [0.15, 0.2) is 18.2 Å². The maximum atomic E-state index is 6.10. The quantitative estimate of drug-likeness (QED) is 0.457. The molecule has 0 aliphatic carbocycles. The molecule has 1 aliphatic heterocycles. The van der Waals surface area contributed by atoms with E-state index in [-0.39, 0.29) is 11.2 Å². The van der Waals surface area contributed by atoms with E-state index < -0.39 is 7.12 Å². The Balaban J connectivity index is 2.26. The maximum Gasteiger partial charge on any atom is 0.498 e. The van der Waals surface area contributed by atoms with Crippen LogP contribution < -0.4 is 14.9 Å². The van der Waals surface area contributed by atoms with Gasteiger partial charge < -0.3 is 18.8 Å². The van der Waals surface area contributed by atoms with E-state index in [1.165, 1.54) is 0 Å². The van der Waals surface area contributed by atoms with Crippen LogP contribution in [0.2, 0.25) is 0 Å². The molecule has 2 rings (SSSR count). The van der Waals surface area contributed by atoms with Crippen LogP contribution in [0.5, 0.6) is 11.5 Å². The van der Waals surface area contributed by atoms with Crippen LogP contribution in [0.4, 0.5) is 0 Å². The fraction of sp³-hybridized carbons (Fsp3) is 0.625. The predicted octanol–water partition coefficient (Wildman–Crippen LogP) is 3.00. The zero-order chi connectivity index (χ0) is 16.4. The summed E-state index contributed by atoms with van der Waals surface area (Å²) in [4.78, 5) is 0. The molecule has 122 valence electrons. The van der Waals surface area contributed by atoms with E-state index in [4.69, 9.17) is 30.4 Å². The summed E-state index contributed by atoms with van der Waals surface area (Å²) in [6.45, 7) is 8.67. The van der Waals surface area contributed by atoms with Gasteiger partial charge in [0.1, 0.15) is 11.5 Å². The lowest BCUT2D eigenvalue weighted by Crippen LogP contribution is -2.41. The number of halogens is 1. The molecule has 1 aromatic carbocycles. The van der Waals surface area contributed by atoms with E-state index >= 15 is 0 Å². The van der Waals surface area contributed by atoms with E-state index in [0.29, 0.717) is 18.2 Å². The van der Waals surface area contributed by atoms with Gasteiger partial charge >= 0.3 is 7.12 Å². The van der Waals surface area contributed by atoms with Gasteiger partial charge in [-0.15, -0.1) is 11.6 Å². The Hall–Kier alpha value is -0.905. The largest absolute Gasteiger partial charge is 0.498 e. The van der Waals surface area contributed by atoms with Crippen LogP contribution in [0.1, 0.15) is 34.1 Å². The number of hydrogen-bond donors (Lipinski definition) is 0. The Kier molecular flexibility index (Phi) is 5.31. The molecule has 1 fully saturated rings. The molecule has 0 radical (unpaired) electrons. The van der Waals surface area contributed by atoms with Crippen LogP contribution in [-0.4, -0.2) is 37.9 Å². The minimum Gasteiger partial charge on any atom is -0.497 e. The van der Waals surface area contributed by atoms with E-state index in [2.05, 4.69) is 0 Å². The Bertz CT molecular complexity index is 503. The zero-order valence-corrected chi connectivity index (χ0v) is 14.7. The summed E-state index contributed by atoms with van der Waals surface area (Å²) in [7, 11) is 1.17. The van der Waals surface area contributed by atoms with Gasteiger partial charge in [0.15, 0.2) is 0 Å². The normalized spacial score (nSPS) is 19.3. The summed E-state index contributed by atoms with van der Waals surface area (Å²) in [6.07, 6.45) is 0.779. The fourth-order valence-corrected chi connectivity index (χ4v) is 2.28. The highest BCUT2D eigenvalue weighted by Crippen LogP contribution is 2.37. The van der Waals surface area contributed by atoms with Gasteiger partial charge in [-0.25, -0.2) is 0 Å². The van der Waals surface area contributed by atoms with E-state index in [1.54, 1.807) is 7.11 Å². The molecule has 1 aromatic rings. The Morgan fingerprint density at radius 1 is 1.14 bits per heavy atom. The average Bonchev–Trinajstić information content (AvgIpc) is 2.67. The van der Waals surface area contributed by atoms with Crippen molar-refractivity contribution in [1.29, 1.82) is 0 Å². The van der Waals surface area contributed by atoms with E-state index in [1.807, 2.05) is 45.9 Å². The van der Waals surface area contributed by atoms with Crippen molar-refractivity contribution in [2.24, 2.45) is 0 Å². The standard InChI is InChI=1S/C16H24BClO4/c1-15(2)16(3,4)22-17(21-15)13-8-7-12(19-5)11-14(13)20-10-6-9-18/h7-8,11H,6,9-10H2,1-5H3. The molecular weight excluding hydrogens is 302 g/mol. The number of hydrogen-bond acceptors (Lipinski definition) is 4. The van der Waals surface area contributed by atoms with Crippen LogP contribution in [-0.2, 0) is 9.31 Å². The molecule has 1 heterocycles. The van der Waals surface area contributed by atoms with Crippen molar-refractivity contribution in [3.8, 4) is 11.5 Å². The summed E-state index contributed by atoms with van der Waals surface area (Å²) >= 11 is 5.71. The minimum absolute atomic E-state index is 0.384. The van der Waals surface area contributed by atoms with Crippen LogP contribution in [0.3, 0.4) is 0 Å². The lowest BCUT2D eigenvalue weighted by molar-refractivity contribution is 0.00578. The van der Waals surface area contributed by atoms with Crippen molar-refractivity contribution in [2.45, 2.75) is 45.3 Å². The molecule has 0 unspecified atom stereocenters. The number of alkyl halides is 1. The third-order valence-corrected chi connectivity index (χ3v) is 4.53. The van der Waals surface area contributed by atoms with Crippen molar-refractivity contribution in [1.82, 2.24) is 0 Å². The van der Waals surface area contributed by atoms with Crippen molar-refractivity contribution in [3.05, 3.63) is 18.2 Å². The molecule has 0 atom stereocenters. The molecule has 0 amide bonds. The number of benzene rings is 1. The van der Waals surface area contributed by atoms with Gasteiger partial charge in [0.2, 0.25) is 0 Å².